The van der Waals surface area contributed by atoms with E-state index in [2.05, 4.69) is 10.0 Å². The molecule has 1 saturated heterocycles. The zero-order chi connectivity index (χ0) is 13.7. The molecule has 2 N–H and O–H groups in total. The molecule has 1 heterocycles. The molecule has 0 unspecified atom stereocenters. The van der Waals surface area contributed by atoms with Crippen LogP contribution in [0.4, 0.5) is 0 Å². The van der Waals surface area contributed by atoms with Crippen molar-refractivity contribution in [2.75, 3.05) is 26.2 Å². The maximum absolute atomic E-state index is 12.0. The minimum Gasteiger partial charge on any atom is -0.314 e. The molecule has 7 heteroatoms. The highest BCUT2D eigenvalue weighted by molar-refractivity contribution is 7.87. The molecular weight excluding hydrogens is 264 g/mol. The third-order valence-electron chi connectivity index (χ3n) is 2.93. The van der Waals surface area contributed by atoms with Gasteiger partial charge in [0.15, 0.2) is 0 Å². The maximum atomic E-state index is 12.0. The molecule has 102 valence electrons. The number of nitriles is 1. The van der Waals surface area contributed by atoms with Gasteiger partial charge in [-0.2, -0.15) is 22.7 Å². The fourth-order valence-corrected chi connectivity index (χ4v) is 3.10. The molecule has 1 fully saturated rings. The van der Waals surface area contributed by atoms with Crippen molar-refractivity contribution in [2.24, 2.45) is 0 Å². The lowest BCUT2D eigenvalue weighted by Gasteiger charge is -2.26. The first-order valence-electron chi connectivity index (χ1n) is 6.06. The van der Waals surface area contributed by atoms with Gasteiger partial charge in [0.2, 0.25) is 0 Å². The molecule has 0 aromatic heterocycles. The number of nitrogens with zero attached hydrogens (tertiary/aromatic N) is 2. The van der Waals surface area contributed by atoms with Crippen LogP contribution in [0.25, 0.3) is 0 Å². The first-order valence-corrected chi connectivity index (χ1v) is 7.50. The molecule has 1 aliphatic heterocycles. The molecule has 2 rings (SSSR count). The summed E-state index contributed by atoms with van der Waals surface area (Å²) in [5.41, 5.74) is 1.30. The third kappa shape index (κ3) is 3.75. The standard InChI is InChI=1S/C12H16N4O2S/c13-9-11-2-1-3-12(8-11)10-15-19(17,18)16-6-4-14-5-7-16/h1-3,8,14-15H,4-7,10H2. The van der Waals surface area contributed by atoms with Crippen LogP contribution < -0.4 is 10.0 Å². The summed E-state index contributed by atoms with van der Waals surface area (Å²) in [6.45, 7) is 2.50. The van der Waals surface area contributed by atoms with E-state index in [4.69, 9.17) is 5.26 Å². The van der Waals surface area contributed by atoms with Gasteiger partial charge < -0.3 is 5.32 Å². The second kappa shape index (κ2) is 6.12. The lowest BCUT2D eigenvalue weighted by Crippen LogP contribution is -2.50. The molecule has 0 aliphatic carbocycles. The van der Waals surface area contributed by atoms with Gasteiger partial charge in [-0.05, 0) is 17.7 Å². The van der Waals surface area contributed by atoms with Crippen molar-refractivity contribution in [1.82, 2.24) is 14.3 Å². The van der Waals surface area contributed by atoms with Gasteiger partial charge >= 0.3 is 0 Å². The van der Waals surface area contributed by atoms with E-state index in [-0.39, 0.29) is 6.54 Å². The highest BCUT2D eigenvalue weighted by Crippen LogP contribution is 2.06. The lowest BCUT2D eigenvalue weighted by molar-refractivity contribution is 0.354. The first kappa shape index (κ1) is 14.0. The van der Waals surface area contributed by atoms with Crippen LogP contribution in [-0.4, -0.2) is 38.9 Å². The van der Waals surface area contributed by atoms with E-state index in [0.717, 1.165) is 5.56 Å². The average Bonchev–Trinajstić information content (AvgIpc) is 2.46. The van der Waals surface area contributed by atoms with Gasteiger partial charge in [0.25, 0.3) is 10.2 Å². The van der Waals surface area contributed by atoms with E-state index in [1.54, 1.807) is 24.3 Å². The Kier molecular flexibility index (Phi) is 4.50. The summed E-state index contributed by atoms with van der Waals surface area (Å²) < 4.78 is 28.1. The van der Waals surface area contributed by atoms with Gasteiger partial charge in [-0.1, -0.05) is 12.1 Å². The Labute approximate surface area is 113 Å². The molecule has 0 spiro atoms. The van der Waals surface area contributed by atoms with Crippen molar-refractivity contribution in [3.63, 3.8) is 0 Å². The molecule has 0 amide bonds. The molecule has 1 aliphatic rings. The van der Waals surface area contributed by atoms with Gasteiger partial charge in [-0.3, -0.25) is 0 Å². The van der Waals surface area contributed by atoms with E-state index in [0.29, 0.717) is 31.7 Å². The van der Waals surface area contributed by atoms with Crippen molar-refractivity contribution in [2.45, 2.75) is 6.54 Å². The predicted octanol–water partition coefficient (Wildman–Crippen LogP) is -0.202. The third-order valence-corrected chi connectivity index (χ3v) is 4.48. The minimum absolute atomic E-state index is 0.196. The quantitative estimate of drug-likeness (QED) is 0.799. The van der Waals surface area contributed by atoms with Gasteiger partial charge in [-0.25, -0.2) is 0 Å². The first-order chi connectivity index (χ1) is 9.12. The summed E-state index contributed by atoms with van der Waals surface area (Å²) in [6, 6.07) is 8.94. The zero-order valence-corrected chi connectivity index (χ0v) is 11.3. The summed E-state index contributed by atoms with van der Waals surface area (Å²) in [6.07, 6.45) is 0. The van der Waals surface area contributed by atoms with E-state index < -0.39 is 10.2 Å². The van der Waals surface area contributed by atoms with Crippen molar-refractivity contribution < 1.29 is 8.42 Å². The zero-order valence-electron chi connectivity index (χ0n) is 10.5. The van der Waals surface area contributed by atoms with Crippen LogP contribution in [0.5, 0.6) is 0 Å². The SMILES string of the molecule is N#Cc1cccc(CNS(=O)(=O)N2CCNCC2)c1. The van der Waals surface area contributed by atoms with Crippen LogP contribution in [0.2, 0.25) is 0 Å². The average molecular weight is 280 g/mol. The number of benzene rings is 1. The van der Waals surface area contributed by atoms with Gasteiger partial charge in [0.1, 0.15) is 0 Å². The molecule has 1 aromatic carbocycles. The molecule has 0 bridgehead atoms. The Morgan fingerprint density at radius 2 is 2.11 bits per heavy atom. The number of piperazine rings is 1. The minimum atomic E-state index is -3.44. The Bertz CT molecular complexity index is 574. The highest BCUT2D eigenvalue weighted by atomic mass is 32.2. The molecule has 19 heavy (non-hydrogen) atoms. The fraction of sp³-hybridized carbons (Fsp3) is 0.417. The molecule has 6 nitrogen and oxygen atoms in total. The van der Waals surface area contributed by atoms with E-state index >= 15 is 0 Å². The van der Waals surface area contributed by atoms with E-state index in [9.17, 15) is 8.42 Å². The van der Waals surface area contributed by atoms with Gasteiger partial charge in [-0.15, -0.1) is 0 Å². The summed E-state index contributed by atoms with van der Waals surface area (Å²) in [5.74, 6) is 0. The van der Waals surface area contributed by atoms with Crippen LogP contribution in [0.15, 0.2) is 24.3 Å². The Morgan fingerprint density at radius 1 is 1.37 bits per heavy atom. The van der Waals surface area contributed by atoms with Crippen LogP contribution in [0.1, 0.15) is 11.1 Å². The number of nitrogens with one attached hydrogen (secondary N) is 2. The lowest BCUT2D eigenvalue weighted by atomic mass is 10.1. The monoisotopic (exact) mass is 280 g/mol. The maximum Gasteiger partial charge on any atom is 0.279 e. The Balaban J connectivity index is 1.99. The number of hydrogen-bond donors (Lipinski definition) is 2. The van der Waals surface area contributed by atoms with Crippen LogP contribution >= 0.6 is 0 Å². The van der Waals surface area contributed by atoms with E-state index in [1.807, 2.05) is 6.07 Å². The molecular formula is C12H16N4O2S. The normalized spacial score (nSPS) is 17.0. The fourth-order valence-electron chi connectivity index (χ4n) is 1.90. The van der Waals surface area contributed by atoms with Crippen molar-refractivity contribution in [3.05, 3.63) is 35.4 Å². The molecule has 0 radical (unpaired) electrons. The molecule has 1 aromatic rings. The van der Waals surface area contributed by atoms with Crippen LogP contribution in [0, 0.1) is 11.3 Å². The topological polar surface area (TPSA) is 85.2 Å². The van der Waals surface area contributed by atoms with Crippen LogP contribution in [-0.2, 0) is 16.8 Å². The molecule has 0 atom stereocenters. The van der Waals surface area contributed by atoms with Crippen molar-refractivity contribution in [3.8, 4) is 6.07 Å². The summed E-state index contributed by atoms with van der Waals surface area (Å²) in [4.78, 5) is 0. The second-order valence-corrected chi connectivity index (χ2v) is 6.04. The van der Waals surface area contributed by atoms with Crippen LogP contribution in [0.3, 0.4) is 0 Å². The Morgan fingerprint density at radius 3 is 2.79 bits per heavy atom. The van der Waals surface area contributed by atoms with Crippen molar-refractivity contribution >= 4 is 10.2 Å². The molecule has 0 saturated carbocycles. The summed E-state index contributed by atoms with van der Waals surface area (Å²) in [5, 5.41) is 11.9. The summed E-state index contributed by atoms with van der Waals surface area (Å²) in [7, 11) is -3.44. The predicted molar refractivity (Wildman–Crippen MR) is 71.4 cm³/mol. The van der Waals surface area contributed by atoms with Crippen molar-refractivity contribution in [1.29, 1.82) is 5.26 Å². The number of rotatable bonds is 4. The highest BCUT2D eigenvalue weighted by Gasteiger charge is 2.22. The van der Waals surface area contributed by atoms with E-state index in [1.165, 1.54) is 4.31 Å². The van der Waals surface area contributed by atoms with Gasteiger partial charge in [0.05, 0.1) is 11.6 Å². The number of hydrogen-bond acceptors (Lipinski definition) is 4. The largest absolute Gasteiger partial charge is 0.314 e. The smallest absolute Gasteiger partial charge is 0.279 e. The summed E-state index contributed by atoms with van der Waals surface area (Å²) >= 11 is 0. The Hall–Kier alpha value is -1.46. The second-order valence-electron chi connectivity index (χ2n) is 4.29. The van der Waals surface area contributed by atoms with Gasteiger partial charge in [0, 0.05) is 32.7 Å².